The molecule has 6 heteroatoms. The molecule has 0 aromatic carbocycles. The molecule has 1 N–H and O–H groups in total. The van der Waals surface area contributed by atoms with Gasteiger partial charge < -0.3 is 14.8 Å². The second-order valence-electron chi connectivity index (χ2n) is 3.49. The molecule has 1 amide bonds. The van der Waals surface area contributed by atoms with Crippen LogP contribution in [0.25, 0.3) is 0 Å². The van der Waals surface area contributed by atoms with Gasteiger partial charge in [0, 0.05) is 6.92 Å². The van der Waals surface area contributed by atoms with Crippen molar-refractivity contribution in [3.05, 3.63) is 0 Å². The summed E-state index contributed by atoms with van der Waals surface area (Å²) in [6.07, 6.45) is -0.262. The van der Waals surface area contributed by atoms with E-state index in [0.29, 0.717) is 0 Å². The molecule has 0 aliphatic rings. The summed E-state index contributed by atoms with van der Waals surface area (Å²) in [5.74, 6) is -1.67. The van der Waals surface area contributed by atoms with Crippen molar-refractivity contribution in [2.45, 2.75) is 32.7 Å². The summed E-state index contributed by atoms with van der Waals surface area (Å²) >= 11 is 0. The molecule has 1 atom stereocenters. The average molecular weight is 231 g/mol. The summed E-state index contributed by atoms with van der Waals surface area (Å²) in [5.41, 5.74) is -1.38. The van der Waals surface area contributed by atoms with Gasteiger partial charge in [-0.05, 0) is 13.8 Å². The first-order chi connectivity index (χ1) is 7.35. The Balaban J connectivity index is 4.79. The average Bonchev–Trinajstić information content (AvgIpc) is 2.16. The van der Waals surface area contributed by atoms with Crippen LogP contribution in [-0.4, -0.2) is 37.1 Å². The van der Waals surface area contributed by atoms with Crippen molar-refractivity contribution < 1.29 is 23.9 Å². The molecule has 0 spiro atoms. The highest BCUT2D eigenvalue weighted by atomic mass is 16.5. The van der Waals surface area contributed by atoms with Gasteiger partial charge in [0.05, 0.1) is 20.1 Å². The van der Waals surface area contributed by atoms with E-state index in [0.717, 1.165) is 0 Å². The SMILES string of the molecule is CCOC(=O)[C@](C)(CC(=O)OC)NC(C)=O. The summed E-state index contributed by atoms with van der Waals surface area (Å²) in [5, 5.41) is 2.39. The lowest BCUT2D eigenvalue weighted by Crippen LogP contribution is -2.53. The molecular formula is C10H17NO5. The van der Waals surface area contributed by atoms with E-state index in [9.17, 15) is 14.4 Å². The van der Waals surface area contributed by atoms with Gasteiger partial charge in [-0.25, -0.2) is 4.79 Å². The van der Waals surface area contributed by atoms with Gasteiger partial charge in [-0.15, -0.1) is 0 Å². The lowest BCUT2D eigenvalue weighted by atomic mass is 9.98. The van der Waals surface area contributed by atoms with Crippen LogP contribution < -0.4 is 5.32 Å². The molecule has 16 heavy (non-hydrogen) atoms. The van der Waals surface area contributed by atoms with Gasteiger partial charge >= 0.3 is 11.9 Å². The van der Waals surface area contributed by atoms with Crippen LogP contribution in [-0.2, 0) is 23.9 Å². The minimum absolute atomic E-state index is 0.176. The van der Waals surface area contributed by atoms with E-state index in [1.807, 2.05) is 0 Å². The molecule has 6 nitrogen and oxygen atoms in total. The molecule has 0 unspecified atom stereocenters. The van der Waals surface area contributed by atoms with E-state index in [2.05, 4.69) is 10.1 Å². The summed E-state index contributed by atoms with van der Waals surface area (Å²) in [4.78, 5) is 33.7. The molecule has 0 aromatic heterocycles. The van der Waals surface area contributed by atoms with Crippen LogP contribution in [0.2, 0.25) is 0 Å². The Morgan fingerprint density at radius 3 is 2.25 bits per heavy atom. The van der Waals surface area contributed by atoms with Crippen LogP contribution in [0.1, 0.15) is 27.2 Å². The van der Waals surface area contributed by atoms with Crippen molar-refractivity contribution >= 4 is 17.8 Å². The van der Waals surface area contributed by atoms with E-state index >= 15 is 0 Å². The van der Waals surface area contributed by atoms with Crippen LogP contribution in [0.3, 0.4) is 0 Å². The third kappa shape index (κ3) is 4.29. The molecule has 0 aromatic rings. The fourth-order valence-corrected chi connectivity index (χ4v) is 1.21. The normalized spacial score (nSPS) is 13.5. The largest absolute Gasteiger partial charge is 0.469 e. The zero-order valence-corrected chi connectivity index (χ0v) is 9.96. The number of hydrogen-bond donors (Lipinski definition) is 1. The number of nitrogens with one attached hydrogen (secondary N) is 1. The lowest BCUT2D eigenvalue weighted by Gasteiger charge is -2.26. The van der Waals surface area contributed by atoms with E-state index in [4.69, 9.17) is 4.74 Å². The van der Waals surface area contributed by atoms with Crippen LogP contribution in [0.15, 0.2) is 0 Å². The third-order valence-corrected chi connectivity index (χ3v) is 1.90. The number of methoxy groups -OCH3 is 1. The fraction of sp³-hybridized carbons (Fsp3) is 0.700. The summed E-state index contributed by atoms with van der Waals surface area (Å²) in [6, 6.07) is 0. The van der Waals surface area contributed by atoms with Gasteiger partial charge in [-0.2, -0.15) is 0 Å². The quantitative estimate of drug-likeness (QED) is 0.674. The van der Waals surface area contributed by atoms with Crippen LogP contribution in [0, 0.1) is 0 Å². The van der Waals surface area contributed by atoms with E-state index in [-0.39, 0.29) is 13.0 Å². The molecule has 0 saturated heterocycles. The van der Waals surface area contributed by atoms with Gasteiger partial charge in [-0.1, -0.05) is 0 Å². The molecule has 0 rings (SSSR count). The number of amides is 1. The molecule has 0 bridgehead atoms. The highest BCUT2D eigenvalue weighted by Gasteiger charge is 2.38. The zero-order chi connectivity index (χ0) is 12.8. The first-order valence-electron chi connectivity index (χ1n) is 4.88. The Labute approximate surface area is 94.3 Å². The standard InChI is InChI=1S/C10H17NO5/c1-5-16-9(14)10(3,11-7(2)12)6-8(13)15-4/h5-6H2,1-4H3,(H,11,12)/t10-/m0/s1. The molecule has 0 fully saturated rings. The maximum absolute atomic E-state index is 11.6. The molecule has 0 aliphatic heterocycles. The van der Waals surface area contributed by atoms with Crippen molar-refractivity contribution in [3.8, 4) is 0 Å². The molecule has 0 radical (unpaired) electrons. The highest BCUT2D eigenvalue weighted by Crippen LogP contribution is 2.13. The number of carbonyl (C=O) groups excluding carboxylic acids is 3. The Bertz CT molecular complexity index is 289. The van der Waals surface area contributed by atoms with Crippen LogP contribution >= 0.6 is 0 Å². The molecule has 0 saturated carbocycles. The second-order valence-corrected chi connectivity index (χ2v) is 3.49. The first-order valence-corrected chi connectivity index (χ1v) is 4.88. The monoisotopic (exact) mass is 231 g/mol. The number of rotatable bonds is 5. The van der Waals surface area contributed by atoms with Gasteiger partial charge in [0.25, 0.3) is 0 Å². The summed E-state index contributed by atoms with van der Waals surface area (Å²) in [7, 11) is 1.21. The zero-order valence-electron chi connectivity index (χ0n) is 9.96. The number of hydrogen-bond acceptors (Lipinski definition) is 5. The maximum atomic E-state index is 11.6. The van der Waals surface area contributed by atoms with Gasteiger partial charge in [-0.3, -0.25) is 9.59 Å². The minimum atomic E-state index is -1.38. The van der Waals surface area contributed by atoms with Gasteiger partial charge in [0.15, 0.2) is 0 Å². The van der Waals surface area contributed by atoms with Gasteiger partial charge in [0.1, 0.15) is 5.54 Å². The van der Waals surface area contributed by atoms with E-state index in [1.54, 1.807) is 6.92 Å². The van der Waals surface area contributed by atoms with E-state index in [1.165, 1.54) is 21.0 Å². The maximum Gasteiger partial charge on any atom is 0.332 e. The van der Waals surface area contributed by atoms with Crippen LogP contribution in [0.4, 0.5) is 0 Å². The third-order valence-electron chi connectivity index (χ3n) is 1.90. The van der Waals surface area contributed by atoms with Gasteiger partial charge in [0.2, 0.25) is 5.91 Å². The van der Waals surface area contributed by atoms with Crippen molar-refractivity contribution in [2.24, 2.45) is 0 Å². The smallest absolute Gasteiger partial charge is 0.332 e. The Morgan fingerprint density at radius 2 is 1.88 bits per heavy atom. The molecule has 0 heterocycles. The Hall–Kier alpha value is -1.59. The highest BCUT2D eigenvalue weighted by molar-refractivity contribution is 5.90. The second kappa shape index (κ2) is 6.09. The Morgan fingerprint density at radius 1 is 1.31 bits per heavy atom. The minimum Gasteiger partial charge on any atom is -0.469 e. The van der Waals surface area contributed by atoms with Crippen molar-refractivity contribution in [1.29, 1.82) is 0 Å². The molecular weight excluding hydrogens is 214 g/mol. The van der Waals surface area contributed by atoms with E-state index < -0.39 is 23.4 Å². The molecule has 92 valence electrons. The lowest BCUT2D eigenvalue weighted by molar-refractivity contribution is -0.157. The Kier molecular flexibility index (Phi) is 5.49. The predicted octanol–water partition coefficient (Wildman–Crippen LogP) is 0.00740. The first kappa shape index (κ1) is 14.4. The fourth-order valence-electron chi connectivity index (χ4n) is 1.21. The summed E-state index contributed by atoms with van der Waals surface area (Å²) in [6.45, 7) is 4.50. The topological polar surface area (TPSA) is 81.7 Å². The predicted molar refractivity (Wildman–Crippen MR) is 55.5 cm³/mol. The number of esters is 2. The number of ether oxygens (including phenoxy) is 2. The van der Waals surface area contributed by atoms with Crippen molar-refractivity contribution in [1.82, 2.24) is 5.32 Å². The van der Waals surface area contributed by atoms with Crippen molar-refractivity contribution in [2.75, 3.05) is 13.7 Å². The summed E-state index contributed by atoms with van der Waals surface area (Å²) < 4.78 is 9.25. The number of carbonyl (C=O) groups is 3. The van der Waals surface area contributed by atoms with Crippen LogP contribution in [0.5, 0.6) is 0 Å². The van der Waals surface area contributed by atoms with Crippen molar-refractivity contribution in [3.63, 3.8) is 0 Å². The molecule has 0 aliphatic carbocycles.